The smallest absolute Gasteiger partial charge is 0.0997 e. The molecule has 6 heteroatoms. The normalized spacial score (nSPS) is 30.5. The Morgan fingerprint density at radius 1 is 1.25 bits per heavy atom. The van der Waals surface area contributed by atoms with E-state index in [1.54, 1.807) is 4.68 Å². The third-order valence-electron chi connectivity index (χ3n) is 4.87. The molecular formula is C18H24N4OS. The number of thioether (sulfide) groups is 1. The molecule has 2 aliphatic rings. The first-order chi connectivity index (χ1) is 11.5. The summed E-state index contributed by atoms with van der Waals surface area (Å²) in [5, 5.41) is 23.9. The van der Waals surface area contributed by atoms with Crippen LogP contribution in [0.5, 0.6) is 0 Å². The highest BCUT2D eigenvalue weighted by Gasteiger charge is 2.40. The Kier molecular flexibility index (Phi) is 4.14. The lowest BCUT2D eigenvalue weighted by Crippen LogP contribution is -2.47. The van der Waals surface area contributed by atoms with E-state index in [0.717, 1.165) is 16.5 Å². The Bertz CT molecular complexity index is 712. The minimum Gasteiger partial charge on any atom is -0.385 e. The van der Waals surface area contributed by atoms with Crippen molar-refractivity contribution in [1.29, 1.82) is 0 Å². The molecule has 0 radical (unpaired) electrons. The standard InChI is InChI=1S/C18H24N4OS/c1-12-9-18(23,10-16(19-12)17-11-22(2)21-20-17)13-3-5-14(6-4-13)24-15-7-8-15/h3-6,11-12,15-16,19,23H,7-10H2,1-2H3/t12-,16-,18-/m0/s1. The summed E-state index contributed by atoms with van der Waals surface area (Å²) in [6.45, 7) is 2.12. The van der Waals surface area contributed by atoms with Crippen molar-refractivity contribution in [2.45, 2.75) is 60.4 Å². The van der Waals surface area contributed by atoms with Crippen molar-refractivity contribution in [3.8, 4) is 0 Å². The fourth-order valence-electron chi connectivity index (χ4n) is 3.56. The van der Waals surface area contributed by atoms with Crippen molar-refractivity contribution >= 4 is 11.8 Å². The Balaban J connectivity index is 1.55. The molecule has 0 unspecified atom stereocenters. The highest BCUT2D eigenvalue weighted by atomic mass is 32.2. The van der Waals surface area contributed by atoms with E-state index < -0.39 is 5.60 Å². The van der Waals surface area contributed by atoms with E-state index >= 15 is 0 Å². The maximum atomic E-state index is 11.3. The number of hydrogen-bond acceptors (Lipinski definition) is 5. The van der Waals surface area contributed by atoms with E-state index in [1.165, 1.54) is 17.7 Å². The summed E-state index contributed by atoms with van der Waals surface area (Å²) in [7, 11) is 1.87. The van der Waals surface area contributed by atoms with Crippen LogP contribution in [0.1, 0.15) is 49.9 Å². The monoisotopic (exact) mass is 344 g/mol. The van der Waals surface area contributed by atoms with E-state index in [0.29, 0.717) is 12.8 Å². The van der Waals surface area contributed by atoms with Gasteiger partial charge in [0.2, 0.25) is 0 Å². The molecule has 2 fully saturated rings. The van der Waals surface area contributed by atoms with Crippen LogP contribution in [0.3, 0.4) is 0 Å². The summed E-state index contributed by atoms with van der Waals surface area (Å²) in [5.74, 6) is 0. The van der Waals surface area contributed by atoms with Gasteiger partial charge in [-0.15, -0.1) is 16.9 Å². The molecule has 1 aliphatic carbocycles. The van der Waals surface area contributed by atoms with Gasteiger partial charge >= 0.3 is 0 Å². The number of hydrogen-bond donors (Lipinski definition) is 2. The van der Waals surface area contributed by atoms with Crippen LogP contribution in [-0.2, 0) is 12.6 Å². The summed E-state index contributed by atoms with van der Waals surface area (Å²) in [4.78, 5) is 1.30. The molecule has 128 valence electrons. The van der Waals surface area contributed by atoms with Gasteiger partial charge in [-0.3, -0.25) is 4.68 Å². The van der Waals surface area contributed by atoms with Gasteiger partial charge in [-0.1, -0.05) is 17.3 Å². The second kappa shape index (κ2) is 6.17. The topological polar surface area (TPSA) is 63.0 Å². The second-order valence-corrected chi connectivity index (χ2v) is 8.59. The van der Waals surface area contributed by atoms with E-state index in [1.807, 2.05) is 25.0 Å². The quantitative estimate of drug-likeness (QED) is 0.893. The van der Waals surface area contributed by atoms with Gasteiger partial charge in [0.25, 0.3) is 0 Å². The van der Waals surface area contributed by atoms with Crippen LogP contribution < -0.4 is 5.32 Å². The average Bonchev–Trinajstić information content (AvgIpc) is 3.25. The molecule has 1 aliphatic heterocycles. The number of nitrogens with one attached hydrogen (secondary N) is 1. The van der Waals surface area contributed by atoms with Crippen molar-refractivity contribution in [2.75, 3.05) is 0 Å². The number of aromatic nitrogens is 3. The Morgan fingerprint density at radius 2 is 2.00 bits per heavy atom. The first kappa shape index (κ1) is 16.1. The molecule has 2 aromatic rings. The van der Waals surface area contributed by atoms with E-state index in [4.69, 9.17) is 0 Å². The predicted molar refractivity (Wildman–Crippen MR) is 94.8 cm³/mol. The Labute approximate surface area is 146 Å². The number of aliphatic hydroxyl groups is 1. The average molecular weight is 344 g/mol. The van der Waals surface area contributed by atoms with Crippen LogP contribution in [0, 0.1) is 0 Å². The molecule has 0 bridgehead atoms. The van der Waals surface area contributed by atoms with Gasteiger partial charge < -0.3 is 10.4 Å². The summed E-state index contributed by atoms with van der Waals surface area (Å²) in [6, 6.07) is 8.73. The second-order valence-electron chi connectivity index (χ2n) is 7.22. The molecule has 3 atom stereocenters. The van der Waals surface area contributed by atoms with E-state index in [9.17, 15) is 5.11 Å². The third kappa shape index (κ3) is 3.36. The lowest BCUT2D eigenvalue weighted by Gasteiger charge is -2.40. The van der Waals surface area contributed by atoms with Crippen molar-refractivity contribution < 1.29 is 5.11 Å². The zero-order valence-electron chi connectivity index (χ0n) is 14.1. The minimum atomic E-state index is -0.824. The van der Waals surface area contributed by atoms with Crippen LogP contribution in [-0.4, -0.2) is 31.4 Å². The van der Waals surface area contributed by atoms with Gasteiger partial charge in [-0.05, 0) is 43.9 Å². The number of benzene rings is 1. The highest BCUT2D eigenvalue weighted by molar-refractivity contribution is 8.00. The van der Waals surface area contributed by atoms with Gasteiger partial charge in [0.15, 0.2) is 0 Å². The SMILES string of the molecule is C[C@H]1C[C@@](O)(c2ccc(SC3CC3)cc2)C[C@@H](c2cn(C)nn2)N1. The molecule has 5 nitrogen and oxygen atoms in total. The van der Waals surface area contributed by atoms with Crippen molar-refractivity contribution in [2.24, 2.45) is 7.05 Å². The molecule has 1 saturated heterocycles. The molecule has 1 saturated carbocycles. The molecule has 0 amide bonds. The van der Waals surface area contributed by atoms with Gasteiger partial charge in [0.1, 0.15) is 0 Å². The van der Waals surface area contributed by atoms with Crippen LogP contribution in [0.4, 0.5) is 0 Å². The summed E-state index contributed by atoms with van der Waals surface area (Å²) in [6.07, 6.45) is 5.91. The Hall–Kier alpha value is -1.37. The first-order valence-electron chi connectivity index (χ1n) is 8.64. The van der Waals surface area contributed by atoms with Gasteiger partial charge in [-0.25, -0.2) is 0 Å². The molecule has 1 aromatic heterocycles. The molecule has 0 spiro atoms. The van der Waals surface area contributed by atoms with E-state index in [-0.39, 0.29) is 12.1 Å². The van der Waals surface area contributed by atoms with Crippen LogP contribution in [0.15, 0.2) is 35.4 Å². The van der Waals surface area contributed by atoms with Crippen molar-refractivity contribution in [3.05, 3.63) is 41.7 Å². The number of rotatable bonds is 4. The van der Waals surface area contributed by atoms with Gasteiger partial charge in [0.05, 0.1) is 17.3 Å². The summed E-state index contributed by atoms with van der Waals surface area (Å²) < 4.78 is 1.71. The summed E-state index contributed by atoms with van der Waals surface area (Å²) >= 11 is 1.95. The highest BCUT2D eigenvalue weighted by Crippen LogP contribution is 2.42. The maximum absolute atomic E-state index is 11.3. The van der Waals surface area contributed by atoms with Crippen LogP contribution >= 0.6 is 11.8 Å². The maximum Gasteiger partial charge on any atom is 0.0997 e. The largest absolute Gasteiger partial charge is 0.385 e. The lowest BCUT2D eigenvalue weighted by molar-refractivity contribution is -0.0236. The molecule has 24 heavy (non-hydrogen) atoms. The van der Waals surface area contributed by atoms with Gasteiger partial charge in [-0.2, -0.15) is 0 Å². The number of nitrogens with zero attached hydrogens (tertiary/aromatic N) is 3. The molecular weight excluding hydrogens is 320 g/mol. The van der Waals surface area contributed by atoms with Crippen molar-refractivity contribution in [3.63, 3.8) is 0 Å². The third-order valence-corrected chi connectivity index (χ3v) is 6.22. The zero-order valence-corrected chi connectivity index (χ0v) is 15.0. The Morgan fingerprint density at radius 3 is 2.62 bits per heavy atom. The minimum absolute atomic E-state index is 0.0213. The molecule has 1 aromatic carbocycles. The summed E-state index contributed by atoms with van der Waals surface area (Å²) in [5.41, 5.74) is 1.07. The van der Waals surface area contributed by atoms with Crippen LogP contribution in [0.2, 0.25) is 0 Å². The van der Waals surface area contributed by atoms with Crippen LogP contribution in [0.25, 0.3) is 0 Å². The fraction of sp³-hybridized carbons (Fsp3) is 0.556. The fourth-order valence-corrected chi connectivity index (χ4v) is 4.61. The molecule has 2 N–H and O–H groups in total. The number of aryl methyl sites for hydroxylation is 1. The molecule has 2 heterocycles. The predicted octanol–water partition coefficient (Wildman–Crippen LogP) is 2.77. The zero-order chi connectivity index (χ0) is 16.7. The van der Waals surface area contributed by atoms with Crippen molar-refractivity contribution in [1.82, 2.24) is 20.3 Å². The first-order valence-corrected chi connectivity index (χ1v) is 9.52. The number of piperidine rings is 1. The van der Waals surface area contributed by atoms with Gasteiger partial charge in [0, 0.05) is 35.9 Å². The lowest BCUT2D eigenvalue weighted by atomic mass is 9.78. The van der Waals surface area contributed by atoms with E-state index in [2.05, 4.69) is 46.8 Å². The molecule has 4 rings (SSSR count).